The Hall–Kier alpha value is -7.28. The van der Waals surface area contributed by atoms with Gasteiger partial charge in [0.1, 0.15) is 12.7 Å². The summed E-state index contributed by atoms with van der Waals surface area (Å²) in [5, 5.41) is 4.86. The minimum Gasteiger partial charge on any atom is -0.309 e. The minimum atomic E-state index is -1.93. The molecule has 0 atom stereocenters. The molecule has 0 unspecified atom stereocenters. The Morgan fingerprint density at radius 1 is 0.333 bits per heavy atom. The summed E-state index contributed by atoms with van der Waals surface area (Å²) in [4.78, 5) is 18.0. The fourth-order valence-electron chi connectivity index (χ4n) is 8.64. The SMILES string of the molecule is c1ccc(S(c2ccccc2)(c2ccc(-n3c4ccccc4c4ccccc43)cc2)c2ccc(-n3c4ccccc4c4cc(-c5ncncn5)ccc43)cc2)cc1. The van der Waals surface area contributed by atoms with Crippen LogP contribution in [0.25, 0.3) is 66.4 Å². The standard InChI is InChI=1S/C51H35N5S/c1-3-13-39(14-4-1)57(40-15-5-2-6-16-40,41-28-24-37(25-29-41)55-47-20-10-7-17-43(47)44-18-8-11-21-48(44)55)42-30-26-38(27-31-42)56-49-22-12-9-19-45(49)46-33-36(23-32-50(46)56)51-53-34-52-35-54-51/h1-35H. The molecule has 270 valence electrons. The van der Waals surface area contributed by atoms with E-state index in [0.29, 0.717) is 5.82 Å². The van der Waals surface area contributed by atoms with Crippen molar-refractivity contribution in [1.29, 1.82) is 0 Å². The minimum absolute atomic E-state index is 0.664. The molecule has 57 heavy (non-hydrogen) atoms. The average Bonchev–Trinajstić information content (AvgIpc) is 3.81. The molecule has 0 N–H and O–H groups in total. The van der Waals surface area contributed by atoms with Gasteiger partial charge in [0.05, 0.1) is 22.1 Å². The van der Waals surface area contributed by atoms with Crippen LogP contribution in [0.1, 0.15) is 0 Å². The maximum atomic E-state index is 4.42. The molecular weight excluding hydrogens is 715 g/mol. The molecule has 3 aromatic heterocycles. The van der Waals surface area contributed by atoms with Gasteiger partial charge in [-0.05, 0) is 109 Å². The van der Waals surface area contributed by atoms with Crippen LogP contribution < -0.4 is 0 Å². The van der Waals surface area contributed by atoms with Gasteiger partial charge in [0.15, 0.2) is 5.82 Å². The quantitative estimate of drug-likeness (QED) is 0.163. The maximum Gasteiger partial charge on any atom is 0.162 e. The molecule has 8 aromatic carbocycles. The summed E-state index contributed by atoms with van der Waals surface area (Å²) in [5.74, 6) is 0.664. The molecule has 0 amide bonds. The van der Waals surface area contributed by atoms with Gasteiger partial charge in [0.25, 0.3) is 0 Å². The first-order valence-corrected chi connectivity index (χ1v) is 20.7. The third-order valence-corrected chi connectivity index (χ3v) is 15.0. The molecule has 11 aromatic rings. The smallest absolute Gasteiger partial charge is 0.162 e. The van der Waals surface area contributed by atoms with Gasteiger partial charge in [-0.15, -0.1) is 10.0 Å². The predicted octanol–water partition coefficient (Wildman–Crippen LogP) is 13.1. The van der Waals surface area contributed by atoms with Gasteiger partial charge in [-0.3, -0.25) is 0 Å². The summed E-state index contributed by atoms with van der Waals surface area (Å²) < 4.78 is 4.76. The summed E-state index contributed by atoms with van der Waals surface area (Å²) in [7, 11) is -1.93. The van der Waals surface area contributed by atoms with Crippen molar-refractivity contribution >= 4 is 53.6 Å². The molecule has 11 rings (SSSR count). The van der Waals surface area contributed by atoms with Crippen LogP contribution >= 0.6 is 10.0 Å². The Balaban J connectivity index is 1.10. The van der Waals surface area contributed by atoms with Crippen LogP contribution in [-0.4, -0.2) is 24.1 Å². The van der Waals surface area contributed by atoms with Crippen molar-refractivity contribution in [2.24, 2.45) is 0 Å². The normalized spacial score (nSPS) is 12.1. The molecular formula is C51H35N5S. The van der Waals surface area contributed by atoms with Crippen molar-refractivity contribution in [3.05, 3.63) is 213 Å². The second kappa shape index (κ2) is 13.5. The number of benzene rings is 8. The molecule has 0 bridgehead atoms. The lowest BCUT2D eigenvalue weighted by atomic mass is 10.1. The summed E-state index contributed by atoms with van der Waals surface area (Å²) in [6.07, 6.45) is 3.09. The van der Waals surface area contributed by atoms with Crippen molar-refractivity contribution < 1.29 is 0 Å². The fourth-order valence-corrected chi connectivity index (χ4v) is 12.5. The second-order valence-corrected chi connectivity index (χ2v) is 17.3. The first-order chi connectivity index (χ1) is 28.3. The van der Waals surface area contributed by atoms with Gasteiger partial charge >= 0.3 is 0 Å². The zero-order chi connectivity index (χ0) is 37.8. The fraction of sp³-hybridized carbons (Fsp3) is 0. The highest BCUT2D eigenvalue weighted by Crippen LogP contribution is 2.73. The van der Waals surface area contributed by atoms with Crippen molar-refractivity contribution in [3.8, 4) is 22.8 Å². The molecule has 0 radical (unpaired) electrons. The molecule has 0 fully saturated rings. The number of nitrogens with zero attached hydrogens (tertiary/aromatic N) is 5. The van der Waals surface area contributed by atoms with E-state index in [9.17, 15) is 0 Å². The van der Waals surface area contributed by atoms with Gasteiger partial charge in [-0.2, -0.15) is 0 Å². The molecule has 5 nitrogen and oxygen atoms in total. The third-order valence-electron chi connectivity index (χ3n) is 11.1. The van der Waals surface area contributed by atoms with Gasteiger partial charge in [0, 0.05) is 58.1 Å². The Labute approximate surface area is 331 Å². The number of aromatic nitrogens is 5. The van der Waals surface area contributed by atoms with Crippen LogP contribution in [0.4, 0.5) is 0 Å². The first kappa shape index (κ1) is 33.1. The number of para-hydroxylation sites is 3. The lowest BCUT2D eigenvalue weighted by Crippen LogP contribution is -2.06. The zero-order valence-electron chi connectivity index (χ0n) is 30.9. The maximum absolute atomic E-state index is 4.42. The highest BCUT2D eigenvalue weighted by atomic mass is 32.3. The van der Waals surface area contributed by atoms with Crippen molar-refractivity contribution in [1.82, 2.24) is 24.1 Å². The van der Waals surface area contributed by atoms with E-state index in [4.69, 9.17) is 0 Å². The van der Waals surface area contributed by atoms with Crippen LogP contribution in [0.15, 0.2) is 232 Å². The summed E-state index contributed by atoms with van der Waals surface area (Å²) in [5.41, 5.74) is 7.91. The van der Waals surface area contributed by atoms with Crippen LogP contribution in [0.5, 0.6) is 0 Å². The molecule has 0 aliphatic carbocycles. The van der Waals surface area contributed by atoms with Gasteiger partial charge < -0.3 is 9.13 Å². The molecule has 3 heterocycles. The van der Waals surface area contributed by atoms with Crippen molar-refractivity contribution in [2.75, 3.05) is 0 Å². The molecule has 0 spiro atoms. The monoisotopic (exact) mass is 749 g/mol. The lowest BCUT2D eigenvalue weighted by Gasteiger charge is -2.42. The first-order valence-electron chi connectivity index (χ1n) is 19.1. The molecule has 0 saturated heterocycles. The van der Waals surface area contributed by atoms with Crippen molar-refractivity contribution in [3.63, 3.8) is 0 Å². The highest BCUT2D eigenvalue weighted by molar-refractivity contribution is 8.34. The summed E-state index contributed by atoms with van der Waals surface area (Å²) in [6.45, 7) is 0. The van der Waals surface area contributed by atoms with Gasteiger partial charge in [0.2, 0.25) is 0 Å². The van der Waals surface area contributed by atoms with Crippen LogP contribution in [0.3, 0.4) is 0 Å². The molecule has 0 aliphatic heterocycles. The summed E-state index contributed by atoms with van der Waals surface area (Å²) >= 11 is 0. The topological polar surface area (TPSA) is 48.5 Å². The van der Waals surface area contributed by atoms with Crippen LogP contribution in [0.2, 0.25) is 0 Å². The highest BCUT2D eigenvalue weighted by Gasteiger charge is 2.33. The largest absolute Gasteiger partial charge is 0.309 e. The Morgan fingerprint density at radius 3 is 1.19 bits per heavy atom. The lowest BCUT2D eigenvalue weighted by molar-refractivity contribution is 1.06. The van der Waals surface area contributed by atoms with E-state index in [-0.39, 0.29) is 0 Å². The van der Waals surface area contributed by atoms with E-state index in [1.807, 2.05) is 0 Å². The predicted molar refractivity (Wildman–Crippen MR) is 234 cm³/mol. The molecule has 0 aliphatic rings. The number of rotatable bonds is 7. The Morgan fingerprint density at radius 2 is 0.719 bits per heavy atom. The summed E-state index contributed by atoms with van der Waals surface area (Å²) in [6, 6.07) is 73.2. The van der Waals surface area contributed by atoms with E-state index < -0.39 is 10.0 Å². The Kier molecular flexibility index (Phi) is 7.83. The van der Waals surface area contributed by atoms with E-state index >= 15 is 0 Å². The van der Waals surface area contributed by atoms with Gasteiger partial charge in [-0.25, -0.2) is 15.0 Å². The van der Waals surface area contributed by atoms with E-state index in [1.54, 1.807) is 12.7 Å². The molecule has 6 heteroatoms. The average molecular weight is 750 g/mol. The van der Waals surface area contributed by atoms with Crippen molar-refractivity contribution in [2.45, 2.75) is 19.6 Å². The second-order valence-electron chi connectivity index (χ2n) is 14.1. The van der Waals surface area contributed by atoms with E-state index in [2.05, 4.69) is 224 Å². The molecule has 0 saturated carbocycles. The third kappa shape index (κ3) is 5.22. The number of hydrogen-bond acceptors (Lipinski definition) is 3. The van der Waals surface area contributed by atoms with E-state index in [1.165, 1.54) is 46.8 Å². The van der Waals surface area contributed by atoms with Gasteiger partial charge in [-0.1, -0.05) is 91.0 Å². The number of hydrogen-bond donors (Lipinski definition) is 0. The van der Waals surface area contributed by atoms with E-state index in [0.717, 1.165) is 33.4 Å². The zero-order valence-corrected chi connectivity index (χ0v) is 31.7. The van der Waals surface area contributed by atoms with Crippen LogP contribution in [0, 0.1) is 0 Å². The number of fused-ring (bicyclic) bond motifs is 6. The Bertz CT molecular complexity index is 3120. The van der Waals surface area contributed by atoms with Crippen LogP contribution in [-0.2, 0) is 0 Å².